The molecule has 0 saturated carbocycles. The lowest BCUT2D eigenvalue weighted by atomic mass is 10.1. The molecule has 1 aromatic heterocycles. The summed E-state index contributed by atoms with van der Waals surface area (Å²) in [6.07, 6.45) is -0.568. The number of ether oxygens (including phenoxy) is 1. The number of aromatic nitrogens is 1. The second kappa shape index (κ2) is 6.84. The monoisotopic (exact) mass is 367 g/mol. The van der Waals surface area contributed by atoms with E-state index in [-0.39, 0.29) is 5.91 Å². The SMILES string of the molecule is CNC(=O)[C@H]1CN(Cc2cc3ccccc3nc2Cl)c2ccccc2O1. The third-order valence-corrected chi connectivity index (χ3v) is 4.84. The third kappa shape index (κ3) is 3.06. The highest BCUT2D eigenvalue weighted by Gasteiger charge is 2.30. The van der Waals surface area contributed by atoms with Gasteiger partial charge in [-0.2, -0.15) is 0 Å². The fraction of sp³-hybridized carbons (Fsp3) is 0.200. The van der Waals surface area contributed by atoms with Crippen LogP contribution in [0, 0.1) is 0 Å². The van der Waals surface area contributed by atoms with Gasteiger partial charge in [0.2, 0.25) is 0 Å². The van der Waals surface area contributed by atoms with Gasteiger partial charge in [-0.05, 0) is 24.3 Å². The lowest BCUT2D eigenvalue weighted by molar-refractivity contribution is -0.127. The Hall–Kier alpha value is -2.79. The van der Waals surface area contributed by atoms with Crippen LogP contribution in [0.15, 0.2) is 54.6 Å². The van der Waals surface area contributed by atoms with Gasteiger partial charge in [-0.3, -0.25) is 4.79 Å². The van der Waals surface area contributed by atoms with Crippen molar-refractivity contribution in [2.24, 2.45) is 0 Å². The summed E-state index contributed by atoms with van der Waals surface area (Å²) in [5.41, 5.74) is 2.72. The number of nitrogens with zero attached hydrogens (tertiary/aromatic N) is 2. The van der Waals surface area contributed by atoms with Gasteiger partial charge < -0.3 is 15.0 Å². The van der Waals surface area contributed by atoms with Crippen LogP contribution in [0.5, 0.6) is 5.75 Å². The predicted octanol–water partition coefficient (Wildman–Crippen LogP) is 3.40. The van der Waals surface area contributed by atoms with Crippen molar-refractivity contribution >= 4 is 34.1 Å². The lowest BCUT2D eigenvalue weighted by Crippen LogP contribution is -2.48. The lowest BCUT2D eigenvalue weighted by Gasteiger charge is -2.35. The van der Waals surface area contributed by atoms with Crippen LogP contribution >= 0.6 is 11.6 Å². The van der Waals surface area contributed by atoms with Crippen molar-refractivity contribution in [1.29, 1.82) is 0 Å². The maximum absolute atomic E-state index is 12.1. The first-order chi connectivity index (χ1) is 12.7. The Kier molecular flexibility index (Phi) is 4.39. The van der Waals surface area contributed by atoms with E-state index in [1.165, 1.54) is 0 Å². The van der Waals surface area contributed by atoms with Crippen LogP contribution in [-0.4, -0.2) is 30.6 Å². The van der Waals surface area contributed by atoms with Gasteiger partial charge >= 0.3 is 0 Å². The van der Waals surface area contributed by atoms with Gasteiger partial charge in [-0.15, -0.1) is 0 Å². The molecule has 0 aliphatic carbocycles. The molecule has 4 rings (SSSR count). The molecule has 0 spiro atoms. The number of hydrogen-bond acceptors (Lipinski definition) is 4. The zero-order chi connectivity index (χ0) is 18.1. The number of rotatable bonds is 3. The number of fused-ring (bicyclic) bond motifs is 2. The number of anilines is 1. The summed E-state index contributed by atoms with van der Waals surface area (Å²) in [5.74, 6) is 0.546. The Balaban J connectivity index is 1.70. The first-order valence-corrected chi connectivity index (χ1v) is 8.80. The van der Waals surface area contributed by atoms with Crippen molar-refractivity contribution in [3.05, 3.63) is 65.3 Å². The van der Waals surface area contributed by atoms with Crippen LogP contribution in [-0.2, 0) is 11.3 Å². The van der Waals surface area contributed by atoms with E-state index in [1.54, 1.807) is 7.05 Å². The zero-order valence-electron chi connectivity index (χ0n) is 14.3. The maximum Gasteiger partial charge on any atom is 0.262 e. The van der Waals surface area contributed by atoms with Crippen LogP contribution in [0.3, 0.4) is 0 Å². The molecule has 0 fully saturated rings. The number of likely N-dealkylation sites (N-methyl/N-ethyl adjacent to an activating group) is 1. The Morgan fingerprint density at radius 3 is 2.88 bits per heavy atom. The molecule has 132 valence electrons. The molecule has 2 heterocycles. The number of nitrogens with one attached hydrogen (secondary N) is 1. The van der Waals surface area contributed by atoms with Gasteiger partial charge in [0.05, 0.1) is 17.7 Å². The molecule has 0 unspecified atom stereocenters. The van der Waals surface area contributed by atoms with Gasteiger partial charge in [-0.1, -0.05) is 41.9 Å². The number of pyridine rings is 1. The van der Waals surface area contributed by atoms with Gasteiger partial charge in [0.1, 0.15) is 10.9 Å². The smallest absolute Gasteiger partial charge is 0.262 e. The number of para-hydroxylation sites is 3. The molecule has 0 saturated heterocycles. The summed E-state index contributed by atoms with van der Waals surface area (Å²) >= 11 is 6.43. The van der Waals surface area contributed by atoms with E-state index in [0.717, 1.165) is 22.2 Å². The van der Waals surface area contributed by atoms with Crippen LogP contribution in [0.4, 0.5) is 5.69 Å². The van der Waals surface area contributed by atoms with E-state index in [0.29, 0.717) is 24.0 Å². The molecule has 1 aliphatic rings. The topological polar surface area (TPSA) is 54.5 Å². The minimum atomic E-state index is -0.568. The molecule has 3 aromatic rings. The summed E-state index contributed by atoms with van der Waals surface area (Å²) in [4.78, 5) is 18.7. The predicted molar refractivity (Wildman–Crippen MR) is 103 cm³/mol. The number of hydrogen-bond donors (Lipinski definition) is 1. The van der Waals surface area contributed by atoms with Crippen LogP contribution in [0.1, 0.15) is 5.56 Å². The average Bonchev–Trinajstić information content (AvgIpc) is 2.67. The number of amides is 1. The molecule has 26 heavy (non-hydrogen) atoms. The second-order valence-corrected chi connectivity index (χ2v) is 6.56. The minimum absolute atomic E-state index is 0.146. The maximum atomic E-state index is 12.1. The molecule has 0 radical (unpaired) electrons. The highest BCUT2D eigenvalue weighted by atomic mass is 35.5. The summed E-state index contributed by atoms with van der Waals surface area (Å²) in [7, 11) is 1.61. The number of benzene rings is 2. The van der Waals surface area contributed by atoms with Crippen LogP contribution < -0.4 is 15.0 Å². The molecule has 1 N–H and O–H groups in total. The van der Waals surface area contributed by atoms with Crippen molar-refractivity contribution < 1.29 is 9.53 Å². The molecular formula is C20H18ClN3O2. The Morgan fingerprint density at radius 2 is 2.04 bits per heavy atom. The summed E-state index contributed by atoms with van der Waals surface area (Å²) in [6.45, 7) is 0.990. The third-order valence-electron chi connectivity index (χ3n) is 4.51. The van der Waals surface area contributed by atoms with Gasteiger partial charge in [0.25, 0.3) is 5.91 Å². The Bertz CT molecular complexity index is 976. The van der Waals surface area contributed by atoms with E-state index in [1.807, 2.05) is 48.5 Å². The molecule has 0 bridgehead atoms. The molecule has 1 amide bonds. The van der Waals surface area contributed by atoms with Crippen molar-refractivity contribution in [2.45, 2.75) is 12.6 Å². The van der Waals surface area contributed by atoms with E-state index in [4.69, 9.17) is 16.3 Å². The second-order valence-electron chi connectivity index (χ2n) is 6.20. The zero-order valence-corrected chi connectivity index (χ0v) is 15.0. The van der Waals surface area contributed by atoms with E-state index in [9.17, 15) is 4.79 Å². The van der Waals surface area contributed by atoms with Crippen LogP contribution in [0.25, 0.3) is 10.9 Å². The number of carbonyl (C=O) groups excluding carboxylic acids is 1. The van der Waals surface area contributed by atoms with Crippen molar-refractivity contribution in [3.63, 3.8) is 0 Å². The summed E-state index contributed by atoms with van der Waals surface area (Å²) < 4.78 is 5.85. The highest BCUT2D eigenvalue weighted by molar-refractivity contribution is 6.30. The number of carbonyl (C=O) groups is 1. The minimum Gasteiger partial charge on any atom is -0.477 e. The number of halogens is 1. The molecule has 5 nitrogen and oxygen atoms in total. The molecule has 1 atom stereocenters. The van der Waals surface area contributed by atoms with Gasteiger partial charge in [0.15, 0.2) is 6.10 Å². The van der Waals surface area contributed by atoms with Gasteiger partial charge in [0, 0.05) is 24.5 Å². The molecule has 6 heteroatoms. The normalized spacial score (nSPS) is 16.1. The first-order valence-electron chi connectivity index (χ1n) is 8.42. The summed E-state index contributed by atoms with van der Waals surface area (Å²) in [6, 6.07) is 17.6. The largest absolute Gasteiger partial charge is 0.477 e. The molecule has 1 aliphatic heterocycles. The van der Waals surface area contributed by atoms with Crippen molar-refractivity contribution in [3.8, 4) is 5.75 Å². The Labute approximate surface area is 156 Å². The average molecular weight is 368 g/mol. The van der Waals surface area contributed by atoms with Crippen molar-refractivity contribution in [2.75, 3.05) is 18.5 Å². The van der Waals surface area contributed by atoms with E-state index < -0.39 is 6.10 Å². The highest BCUT2D eigenvalue weighted by Crippen LogP contribution is 2.35. The standard InChI is InChI=1S/C20H18ClN3O2/c1-22-20(25)18-12-24(16-8-4-5-9-17(16)26-18)11-14-10-13-6-2-3-7-15(13)23-19(14)21/h2-10,18H,11-12H2,1H3,(H,22,25)/t18-/m1/s1. The van der Waals surface area contributed by atoms with E-state index >= 15 is 0 Å². The fourth-order valence-electron chi connectivity index (χ4n) is 3.21. The Morgan fingerprint density at radius 1 is 1.27 bits per heavy atom. The van der Waals surface area contributed by atoms with Crippen LogP contribution in [0.2, 0.25) is 5.15 Å². The first kappa shape index (κ1) is 16.7. The molecular weight excluding hydrogens is 350 g/mol. The van der Waals surface area contributed by atoms with E-state index in [2.05, 4.69) is 21.3 Å². The quantitative estimate of drug-likeness (QED) is 0.721. The summed E-state index contributed by atoms with van der Waals surface area (Å²) in [5, 5.41) is 4.17. The van der Waals surface area contributed by atoms with Gasteiger partial charge in [-0.25, -0.2) is 4.98 Å². The molecule has 2 aromatic carbocycles. The fourth-order valence-corrected chi connectivity index (χ4v) is 3.41. The van der Waals surface area contributed by atoms with Crippen molar-refractivity contribution in [1.82, 2.24) is 10.3 Å².